The second-order valence-corrected chi connectivity index (χ2v) is 6.85. The molecule has 6 heteroatoms. The molecule has 0 saturated carbocycles. The Labute approximate surface area is 132 Å². The van der Waals surface area contributed by atoms with Crippen LogP contribution in [0.1, 0.15) is 51.6 Å². The molecule has 0 aliphatic carbocycles. The average molecular weight is 309 g/mol. The lowest BCUT2D eigenvalue weighted by Crippen LogP contribution is -2.37. The van der Waals surface area contributed by atoms with Gasteiger partial charge in [0.1, 0.15) is 5.60 Å². The number of likely N-dealkylation sites (tertiary alicyclic amines) is 1. The number of nitrogens with zero attached hydrogens (tertiary/aromatic N) is 3. The van der Waals surface area contributed by atoms with E-state index in [0.717, 1.165) is 31.4 Å². The van der Waals surface area contributed by atoms with Crippen molar-refractivity contribution >= 4 is 6.09 Å². The molecule has 1 unspecified atom stereocenters. The third-order valence-electron chi connectivity index (χ3n) is 3.79. The van der Waals surface area contributed by atoms with Crippen molar-refractivity contribution in [2.45, 2.75) is 58.6 Å². The van der Waals surface area contributed by atoms with Crippen molar-refractivity contribution in [1.82, 2.24) is 14.7 Å². The van der Waals surface area contributed by atoms with E-state index in [1.165, 1.54) is 0 Å². The Kier molecular flexibility index (Phi) is 4.98. The molecule has 22 heavy (non-hydrogen) atoms. The quantitative estimate of drug-likeness (QED) is 0.842. The summed E-state index contributed by atoms with van der Waals surface area (Å²) in [6, 6.07) is 0.301. The van der Waals surface area contributed by atoms with E-state index in [-0.39, 0.29) is 6.09 Å². The Morgan fingerprint density at radius 2 is 2.05 bits per heavy atom. The SMILES string of the molecule is COc1nn(C2CCCN(C(=O)OC(C)(C)C)CC2)cc1C. The molecule has 0 aromatic carbocycles. The zero-order chi connectivity index (χ0) is 16.3. The summed E-state index contributed by atoms with van der Waals surface area (Å²) in [6.07, 6.45) is 4.63. The second kappa shape index (κ2) is 6.58. The first-order chi connectivity index (χ1) is 10.3. The molecule has 1 amide bonds. The zero-order valence-corrected chi connectivity index (χ0v) is 14.3. The minimum atomic E-state index is -0.449. The number of ether oxygens (including phenoxy) is 2. The number of hydrogen-bond acceptors (Lipinski definition) is 4. The summed E-state index contributed by atoms with van der Waals surface area (Å²) in [6.45, 7) is 9.11. The smallest absolute Gasteiger partial charge is 0.410 e. The summed E-state index contributed by atoms with van der Waals surface area (Å²) in [7, 11) is 1.64. The summed E-state index contributed by atoms with van der Waals surface area (Å²) in [5, 5.41) is 4.48. The third kappa shape index (κ3) is 4.15. The molecule has 2 rings (SSSR count). The minimum absolute atomic E-state index is 0.220. The van der Waals surface area contributed by atoms with Gasteiger partial charge in [-0.1, -0.05) is 0 Å². The molecule has 0 N–H and O–H groups in total. The van der Waals surface area contributed by atoms with Gasteiger partial charge in [0.2, 0.25) is 5.88 Å². The molecule has 1 atom stereocenters. The topological polar surface area (TPSA) is 56.6 Å². The first kappa shape index (κ1) is 16.6. The number of rotatable bonds is 2. The maximum absolute atomic E-state index is 12.2. The highest BCUT2D eigenvalue weighted by Crippen LogP contribution is 2.26. The Balaban J connectivity index is 1.98. The van der Waals surface area contributed by atoms with Gasteiger partial charge in [-0.15, -0.1) is 5.10 Å². The van der Waals surface area contributed by atoms with Crippen LogP contribution in [0.5, 0.6) is 5.88 Å². The van der Waals surface area contributed by atoms with Crippen molar-refractivity contribution in [3.8, 4) is 5.88 Å². The number of carbonyl (C=O) groups is 1. The van der Waals surface area contributed by atoms with Crippen LogP contribution >= 0.6 is 0 Å². The average Bonchev–Trinajstić information content (AvgIpc) is 2.64. The zero-order valence-electron chi connectivity index (χ0n) is 14.3. The Morgan fingerprint density at radius 1 is 1.32 bits per heavy atom. The van der Waals surface area contributed by atoms with Crippen LogP contribution in [-0.4, -0.2) is 46.6 Å². The summed E-state index contributed by atoms with van der Waals surface area (Å²) in [4.78, 5) is 14.0. The molecule has 124 valence electrons. The molecule has 1 aliphatic rings. The lowest BCUT2D eigenvalue weighted by Gasteiger charge is -2.26. The number of methoxy groups -OCH3 is 1. The highest BCUT2D eigenvalue weighted by molar-refractivity contribution is 5.68. The Bertz CT molecular complexity index is 519. The first-order valence-corrected chi connectivity index (χ1v) is 7.88. The van der Waals surface area contributed by atoms with Crippen LogP contribution in [0.2, 0.25) is 0 Å². The number of aromatic nitrogens is 2. The molecule has 0 radical (unpaired) electrons. The molecule has 1 aromatic heterocycles. The van der Waals surface area contributed by atoms with Gasteiger partial charge in [-0.05, 0) is 47.0 Å². The standard InChI is InChI=1S/C16H27N3O3/c1-12-11-19(17-14(12)21-5)13-7-6-9-18(10-8-13)15(20)22-16(2,3)4/h11,13H,6-10H2,1-5H3. The molecule has 2 heterocycles. The highest BCUT2D eigenvalue weighted by atomic mass is 16.6. The summed E-state index contributed by atoms with van der Waals surface area (Å²) in [5.41, 5.74) is 0.589. The molecule has 1 fully saturated rings. The van der Waals surface area contributed by atoms with Crippen molar-refractivity contribution in [2.75, 3.05) is 20.2 Å². The first-order valence-electron chi connectivity index (χ1n) is 7.88. The molecular weight excluding hydrogens is 282 g/mol. The van der Waals surface area contributed by atoms with Gasteiger partial charge in [-0.3, -0.25) is 4.68 Å². The van der Waals surface area contributed by atoms with E-state index in [9.17, 15) is 4.79 Å². The molecule has 6 nitrogen and oxygen atoms in total. The van der Waals surface area contributed by atoms with Crippen molar-refractivity contribution in [3.63, 3.8) is 0 Å². The van der Waals surface area contributed by atoms with E-state index in [1.54, 1.807) is 12.0 Å². The van der Waals surface area contributed by atoms with Crippen LogP contribution in [-0.2, 0) is 4.74 Å². The van der Waals surface area contributed by atoms with Crippen LogP contribution < -0.4 is 4.74 Å². The van der Waals surface area contributed by atoms with Crippen LogP contribution in [0.4, 0.5) is 4.79 Å². The van der Waals surface area contributed by atoms with Crippen LogP contribution in [0, 0.1) is 6.92 Å². The number of aryl methyl sites for hydroxylation is 1. The fourth-order valence-electron chi connectivity index (χ4n) is 2.71. The van der Waals surface area contributed by atoms with Crippen molar-refractivity contribution < 1.29 is 14.3 Å². The molecule has 1 aromatic rings. The number of amides is 1. The van der Waals surface area contributed by atoms with Crippen LogP contribution in [0.3, 0.4) is 0 Å². The summed E-state index contributed by atoms with van der Waals surface area (Å²) in [5.74, 6) is 0.674. The molecule has 1 aliphatic heterocycles. The van der Waals surface area contributed by atoms with Crippen molar-refractivity contribution in [2.24, 2.45) is 0 Å². The van der Waals surface area contributed by atoms with Gasteiger partial charge >= 0.3 is 6.09 Å². The Morgan fingerprint density at radius 3 is 2.64 bits per heavy atom. The normalized spacial score (nSPS) is 19.7. The molecule has 0 bridgehead atoms. The molecular formula is C16H27N3O3. The largest absolute Gasteiger partial charge is 0.480 e. The maximum Gasteiger partial charge on any atom is 0.410 e. The number of hydrogen-bond donors (Lipinski definition) is 0. The van der Waals surface area contributed by atoms with Crippen molar-refractivity contribution in [1.29, 1.82) is 0 Å². The highest BCUT2D eigenvalue weighted by Gasteiger charge is 2.26. The van der Waals surface area contributed by atoms with Gasteiger partial charge in [-0.25, -0.2) is 4.79 Å². The van der Waals surface area contributed by atoms with Gasteiger partial charge < -0.3 is 14.4 Å². The lowest BCUT2D eigenvalue weighted by atomic mass is 10.1. The number of carbonyl (C=O) groups excluding carboxylic acids is 1. The second-order valence-electron chi connectivity index (χ2n) is 6.85. The van der Waals surface area contributed by atoms with E-state index in [0.29, 0.717) is 18.5 Å². The molecule has 1 saturated heterocycles. The van der Waals surface area contributed by atoms with Gasteiger partial charge in [0.25, 0.3) is 0 Å². The summed E-state index contributed by atoms with van der Waals surface area (Å²) >= 11 is 0. The van der Waals surface area contributed by atoms with E-state index >= 15 is 0 Å². The fourth-order valence-corrected chi connectivity index (χ4v) is 2.71. The molecule has 0 spiro atoms. The van der Waals surface area contributed by atoms with Gasteiger partial charge in [0.05, 0.1) is 13.2 Å². The fraction of sp³-hybridized carbons (Fsp3) is 0.750. The van der Waals surface area contributed by atoms with Crippen LogP contribution in [0.15, 0.2) is 6.20 Å². The van der Waals surface area contributed by atoms with Crippen LogP contribution in [0.25, 0.3) is 0 Å². The monoisotopic (exact) mass is 309 g/mol. The van der Waals surface area contributed by atoms with Gasteiger partial charge in [0, 0.05) is 24.8 Å². The lowest BCUT2D eigenvalue weighted by molar-refractivity contribution is 0.0255. The maximum atomic E-state index is 12.2. The van der Waals surface area contributed by atoms with E-state index in [4.69, 9.17) is 9.47 Å². The van der Waals surface area contributed by atoms with E-state index in [1.807, 2.05) is 38.6 Å². The van der Waals surface area contributed by atoms with Gasteiger partial charge in [-0.2, -0.15) is 0 Å². The van der Waals surface area contributed by atoms with Crippen molar-refractivity contribution in [3.05, 3.63) is 11.8 Å². The minimum Gasteiger partial charge on any atom is -0.480 e. The van der Waals surface area contributed by atoms with E-state index < -0.39 is 5.60 Å². The predicted molar refractivity (Wildman–Crippen MR) is 84.2 cm³/mol. The third-order valence-corrected chi connectivity index (χ3v) is 3.79. The predicted octanol–water partition coefficient (Wildman–Crippen LogP) is 3.16. The van der Waals surface area contributed by atoms with Gasteiger partial charge in [0.15, 0.2) is 0 Å². The van der Waals surface area contributed by atoms with E-state index in [2.05, 4.69) is 5.10 Å². The Hall–Kier alpha value is -1.72. The summed E-state index contributed by atoms with van der Waals surface area (Å²) < 4.78 is 12.7.